The summed E-state index contributed by atoms with van der Waals surface area (Å²) in [5.74, 6) is -0.0115. The first-order valence-electron chi connectivity index (χ1n) is 6.96. The predicted molar refractivity (Wildman–Crippen MR) is 83.8 cm³/mol. The highest BCUT2D eigenvalue weighted by atomic mass is 32.1. The van der Waals surface area contributed by atoms with Crippen LogP contribution in [0.15, 0.2) is 36.7 Å². The molecule has 2 N–H and O–H groups in total. The van der Waals surface area contributed by atoms with Crippen LogP contribution in [0.4, 0.5) is 0 Å². The van der Waals surface area contributed by atoms with Crippen molar-refractivity contribution in [2.45, 2.75) is 25.7 Å². The van der Waals surface area contributed by atoms with Gasteiger partial charge in [-0.05, 0) is 49.1 Å². The highest BCUT2D eigenvalue weighted by Gasteiger charge is 2.12. The number of hydrogen-bond acceptors (Lipinski definition) is 5. The molecule has 0 saturated heterocycles. The number of nitrogens with zero attached hydrogens (tertiary/aromatic N) is 1. The van der Waals surface area contributed by atoms with E-state index in [1.54, 1.807) is 24.5 Å². The van der Waals surface area contributed by atoms with Crippen molar-refractivity contribution in [2.24, 2.45) is 5.73 Å². The van der Waals surface area contributed by atoms with Crippen molar-refractivity contribution in [3.8, 4) is 0 Å². The second kappa shape index (κ2) is 7.81. The van der Waals surface area contributed by atoms with E-state index in [4.69, 9.17) is 5.73 Å². The van der Waals surface area contributed by atoms with E-state index in [1.807, 2.05) is 12.1 Å². The molecule has 2 heterocycles. The molecule has 0 spiro atoms. The summed E-state index contributed by atoms with van der Waals surface area (Å²) in [4.78, 5) is 28.7. The van der Waals surface area contributed by atoms with Crippen LogP contribution < -0.4 is 5.73 Å². The van der Waals surface area contributed by atoms with Crippen molar-refractivity contribution in [3.63, 3.8) is 0 Å². The van der Waals surface area contributed by atoms with Crippen molar-refractivity contribution in [3.05, 3.63) is 52.0 Å². The van der Waals surface area contributed by atoms with Crippen molar-refractivity contribution in [1.29, 1.82) is 0 Å². The predicted octanol–water partition coefficient (Wildman–Crippen LogP) is 2.88. The monoisotopic (exact) mass is 302 g/mol. The van der Waals surface area contributed by atoms with Gasteiger partial charge in [0.25, 0.3) is 0 Å². The van der Waals surface area contributed by atoms with Gasteiger partial charge in [-0.2, -0.15) is 0 Å². The first-order valence-corrected chi connectivity index (χ1v) is 7.77. The van der Waals surface area contributed by atoms with Gasteiger partial charge < -0.3 is 5.73 Å². The minimum absolute atomic E-state index is 0.0138. The van der Waals surface area contributed by atoms with E-state index in [0.29, 0.717) is 16.2 Å². The van der Waals surface area contributed by atoms with Crippen molar-refractivity contribution >= 4 is 22.9 Å². The molecule has 0 amide bonds. The number of ketones is 2. The Morgan fingerprint density at radius 2 is 1.67 bits per heavy atom. The maximum absolute atomic E-state index is 12.0. The fraction of sp³-hybridized carbons (Fsp3) is 0.312. The summed E-state index contributed by atoms with van der Waals surface area (Å²) < 4.78 is 0. The van der Waals surface area contributed by atoms with Crippen LogP contribution in [0, 0.1) is 0 Å². The molecule has 0 saturated carbocycles. The van der Waals surface area contributed by atoms with Crippen LogP contribution in [-0.4, -0.2) is 23.1 Å². The van der Waals surface area contributed by atoms with E-state index in [2.05, 4.69) is 4.98 Å². The molecular formula is C16H18N2O2S. The topological polar surface area (TPSA) is 73.1 Å². The molecule has 0 aliphatic carbocycles. The molecule has 21 heavy (non-hydrogen) atoms. The third-order valence-electron chi connectivity index (χ3n) is 3.21. The Kier molecular flexibility index (Phi) is 5.78. The number of unbranched alkanes of at least 4 members (excludes halogenated alkanes) is 1. The zero-order valence-corrected chi connectivity index (χ0v) is 12.6. The van der Waals surface area contributed by atoms with Gasteiger partial charge in [0, 0.05) is 18.8 Å². The molecule has 0 radical (unpaired) electrons. The van der Waals surface area contributed by atoms with Gasteiger partial charge in [-0.1, -0.05) is 0 Å². The first kappa shape index (κ1) is 15.5. The molecule has 110 valence electrons. The number of aromatic nitrogens is 1. The molecule has 0 unspecified atom stereocenters. The van der Waals surface area contributed by atoms with Gasteiger partial charge in [0.1, 0.15) is 0 Å². The molecule has 4 nitrogen and oxygen atoms in total. The van der Waals surface area contributed by atoms with Crippen molar-refractivity contribution in [1.82, 2.24) is 4.98 Å². The Morgan fingerprint density at radius 1 is 1.00 bits per heavy atom. The minimum atomic E-state index is -0.114. The Labute approximate surface area is 128 Å². The molecule has 0 atom stereocenters. The lowest BCUT2D eigenvalue weighted by Crippen LogP contribution is -2.11. The third-order valence-corrected chi connectivity index (χ3v) is 4.38. The van der Waals surface area contributed by atoms with E-state index >= 15 is 0 Å². The van der Waals surface area contributed by atoms with Crippen LogP contribution in [0.2, 0.25) is 0 Å². The Balaban J connectivity index is 1.77. The molecule has 0 aliphatic heterocycles. The number of rotatable bonds is 8. The second-order valence-electron chi connectivity index (χ2n) is 4.78. The molecule has 2 rings (SSSR count). The summed E-state index contributed by atoms with van der Waals surface area (Å²) >= 11 is 1.24. The van der Waals surface area contributed by atoms with Gasteiger partial charge in [-0.25, -0.2) is 0 Å². The summed E-state index contributed by atoms with van der Waals surface area (Å²) in [5.41, 5.74) is 6.55. The summed E-state index contributed by atoms with van der Waals surface area (Å²) in [5, 5.41) is 0. The van der Waals surface area contributed by atoms with Crippen LogP contribution in [0.3, 0.4) is 0 Å². The van der Waals surface area contributed by atoms with Crippen LogP contribution in [0.1, 0.15) is 44.2 Å². The van der Waals surface area contributed by atoms with Crippen LogP contribution in [-0.2, 0) is 6.42 Å². The van der Waals surface area contributed by atoms with Crippen LogP contribution in [0.25, 0.3) is 0 Å². The smallest absolute Gasteiger partial charge is 0.186 e. The molecular weight excluding hydrogens is 284 g/mol. The van der Waals surface area contributed by atoms with E-state index < -0.39 is 0 Å². The van der Waals surface area contributed by atoms with Gasteiger partial charge in [0.15, 0.2) is 11.6 Å². The maximum Gasteiger partial charge on any atom is 0.186 e. The highest BCUT2D eigenvalue weighted by Crippen LogP contribution is 2.19. The Hall–Kier alpha value is -1.85. The zero-order valence-electron chi connectivity index (χ0n) is 11.7. The highest BCUT2D eigenvalue weighted by molar-refractivity contribution is 7.16. The van der Waals surface area contributed by atoms with Gasteiger partial charge in [0.05, 0.1) is 16.3 Å². The Bertz CT molecular complexity index is 608. The maximum atomic E-state index is 12.0. The number of aryl methyl sites for hydroxylation is 1. The van der Waals surface area contributed by atoms with E-state index in [0.717, 1.165) is 19.3 Å². The number of Topliss-reactive ketones (excluding diaryl/α,β-unsaturated/α-hetero) is 2. The van der Waals surface area contributed by atoms with Gasteiger partial charge >= 0.3 is 0 Å². The lowest BCUT2D eigenvalue weighted by molar-refractivity contribution is 0.0981. The van der Waals surface area contributed by atoms with E-state index in [1.165, 1.54) is 16.9 Å². The first-order chi connectivity index (χ1) is 10.2. The Morgan fingerprint density at radius 3 is 2.33 bits per heavy atom. The number of pyridine rings is 1. The largest absolute Gasteiger partial charge is 0.324 e. The standard InChI is InChI=1S/C16H18N2O2S/c17-11-14(20)16-6-5-15(21-16)13(19)4-2-1-3-12-7-9-18-10-8-12/h5-10H,1-4,11,17H2. The average Bonchev–Trinajstić information content (AvgIpc) is 3.01. The number of hydrogen-bond donors (Lipinski definition) is 1. The summed E-state index contributed by atoms with van der Waals surface area (Å²) in [6.45, 7) is -0.0138. The zero-order chi connectivity index (χ0) is 15.1. The SMILES string of the molecule is NCC(=O)c1ccc(C(=O)CCCCc2ccncc2)s1. The normalized spacial score (nSPS) is 10.5. The summed E-state index contributed by atoms with van der Waals surface area (Å²) in [6.07, 6.45) is 6.85. The van der Waals surface area contributed by atoms with Gasteiger partial charge in [-0.15, -0.1) is 11.3 Å². The van der Waals surface area contributed by atoms with Crippen LogP contribution in [0.5, 0.6) is 0 Å². The number of carbonyl (C=O) groups is 2. The molecule has 0 aromatic carbocycles. The lowest BCUT2D eigenvalue weighted by atomic mass is 10.1. The molecule has 0 fully saturated rings. The molecule has 5 heteroatoms. The molecule has 2 aromatic heterocycles. The quantitative estimate of drug-likeness (QED) is 0.601. The fourth-order valence-electron chi connectivity index (χ4n) is 2.03. The van der Waals surface area contributed by atoms with E-state index in [9.17, 15) is 9.59 Å². The third kappa shape index (κ3) is 4.58. The average molecular weight is 302 g/mol. The fourth-order valence-corrected chi connectivity index (χ4v) is 2.95. The molecule has 0 bridgehead atoms. The number of nitrogens with two attached hydrogens (primary N) is 1. The molecule has 2 aromatic rings. The summed E-state index contributed by atoms with van der Waals surface area (Å²) in [7, 11) is 0. The lowest BCUT2D eigenvalue weighted by Gasteiger charge is -2.00. The van der Waals surface area contributed by atoms with Crippen molar-refractivity contribution in [2.75, 3.05) is 6.54 Å². The van der Waals surface area contributed by atoms with Gasteiger partial charge in [-0.3, -0.25) is 14.6 Å². The second-order valence-corrected chi connectivity index (χ2v) is 5.86. The molecule has 0 aliphatic rings. The number of thiophene rings is 1. The van der Waals surface area contributed by atoms with E-state index in [-0.39, 0.29) is 18.1 Å². The minimum Gasteiger partial charge on any atom is -0.324 e. The summed E-state index contributed by atoms with van der Waals surface area (Å²) in [6, 6.07) is 7.39. The van der Waals surface area contributed by atoms with Crippen molar-refractivity contribution < 1.29 is 9.59 Å². The number of carbonyl (C=O) groups excluding carboxylic acids is 2. The van der Waals surface area contributed by atoms with Gasteiger partial charge in [0.2, 0.25) is 0 Å². The van der Waals surface area contributed by atoms with Crippen LogP contribution >= 0.6 is 11.3 Å².